The number of carboxylic acids is 1. The minimum atomic E-state index is -0.850. The number of hydrogen-bond donors (Lipinski definition) is 3. The Morgan fingerprint density at radius 2 is 2.10 bits per heavy atom. The number of carbonyl (C=O) groups excluding carboxylic acids is 1. The van der Waals surface area contributed by atoms with Gasteiger partial charge in [-0.2, -0.15) is 0 Å². The SMILES string of the molecule is CCSc1cccc(CNC(=O)NCCCC(=O)O)c1. The smallest absolute Gasteiger partial charge is 0.315 e. The summed E-state index contributed by atoms with van der Waals surface area (Å²) in [5.41, 5.74) is 1.05. The number of nitrogens with one attached hydrogen (secondary N) is 2. The lowest BCUT2D eigenvalue weighted by molar-refractivity contribution is -0.137. The first-order valence-electron chi connectivity index (χ1n) is 6.57. The third kappa shape index (κ3) is 7.04. The van der Waals surface area contributed by atoms with Crippen LogP contribution < -0.4 is 10.6 Å². The van der Waals surface area contributed by atoms with Crippen molar-refractivity contribution in [1.82, 2.24) is 10.6 Å². The summed E-state index contributed by atoms with van der Waals surface area (Å²) in [4.78, 5) is 23.0. The van der Waals surface area contributed by atoms with Crippen LogP contribution >= 0.6 is 11.8 Å². The van der Waals surface area contributed by atoms with Crippen molar-refractivity contribution in [2.24, 2.45) is 0 Å². The molecule has 0 fully saturated rings. The zero-order chi connectivity index (χ0) is 14.8. The Kier molecular flexibility index (Phi) is 7.57. The van der Waals surface area contributed by atoms with Crippen LogP contribution in [0.5, 0.6) is 0 Å². The number of carboxylic acid groups (broad SMARTS) is 1. The first-order valence-corrected chi connectivity index (χ1v) is 7.55. The molecule has 20 heavy (non-hydrogen) atoms. The average Bonchev–Trinajstić information content (AvgIpc) is 2.42. The first-order chi connectivity index (χ1) is 9.61. The fraction of sp³-hybridized carbons (Fsp3) is 0.429. The van der Waals surface area contributed by atoms with E-state index in [0.29, 0.717) is 19.5 Å². The van der Waals surface area contributed by atoms with Gasteiger partial charge < -0.3 is 15.7 Å². The molecule has 2 amide bonds. The van der Waals surface area contributed by atoms with Crippen molar-refractivity contribution in [3.8, 4) is 0 Å². The quantitative estimate of drug-likeness (QED) is 0.508. The second kappa shape index (κ2) is 9.25. The standard InChI is InChI=1S/C14H20N2O3S/c1-2-20-12-6-3-5-11(9-12)10-16-14(19)15-8-4-7-13(17)18/h3,5-6,9H,2,4,7-8,10H2,1H3,(H,17,18)(H2,15,16,19). The Labute approximate surface area is 123 Å². The molecular formula is C14H20N2O3S. The summed E-state index contributed by atoms with van der Waals surface area (Å²) in [6.45, 7) is 2.92. The summed E-state index contributed by atoms with van der Waals surface area (Å²) in [6.07, 6.45) is 0.502. The van der Waals surface area contributed by atoms with Crippen molar-refractivity contribution in [1.29, 1.82) is 0 Å². The number of thioether (sulfide) groups is 1. The van der Waals surface area contributed by atoms with Crippen LogP contribution in [-0.4, -0.2) is 29.4 Å². The Balaban J connectivity index is 2.26. The van der Waals surface area contributed by atoms with Crippen molar-refractivity contribution in [3.05, 3.63) is 29.8 Å². The second-order valence-electron chi connectivity index (χ2n) is 4.19. The van der Waals surface area contributed by atoms with Crippen LogP contribution in [0.15, 0.2) is 29.2 Å². The molecule has 0 aliphatic heterocycles. The summed E-state index contributed by atoms with van der Waals surface area (Å²) in [5, 5.41) is 13.8. The monoisotopic (exact) mass is 296 g/mol. The molecule has 0 unspecified atom stereocenters. The summed E-state index contributed by atoms with van der Waals surface area (Å²) in [5.74, 6) is 0.165. The maximum absolute atomic E-state index is 11.5. The van der Waals surface area contributed by atoms with E-state index in [1.54, 1.807) is 11.8 Å². The molecule has 1 rings (SSSR count). The number of urea groups is 1. The highest BCUT2D eigenvalue weighted by Gasteiger charge is 2.02. The minimum Gasteiger partial charge on any atom is -0.481 e. The van der Waals surface area contributed by atoms with Gasteiger partial charge in [0.1, 0.15) is 0 Å². The molecular weight excluding hydrogens is 276 g/mol. The van der Waals surface area contributed by atoms with E-state index in [2.05, 4.69) is 23.6 Å². The largest absolute Gasteiger partial charge is 0.481 e. The minimum absolute atomic E-state index is 0.0660. The van der Waals surface area contributed by atoms with Crippen molar-refractivity contribution >= 4 is 23.8 Å². The van der Waals surface area contributed by atoms with Crippen LogP contribution in [0.2, 0.25) is 0 Å². The lowest BCUT2D eigenvalue weighted by atomic mass is 10.2. The zero-order valence-electron chi connectivity index (χ0n) is 11.5. The number of hydrogen-bond acceptors (Lipinski definition) is 3. The van der Waals surface area contributed by atoms with Crippen LogP contribution in [0.1, 0.15) is 25.3 Å². The van der Waals surface area contributed by atoms with Crippen molar-refractivity contribution in [3.63, 3.8) is 0 Å². The molecule has 6 heteroatoms. The molecule has 0 heterocycles. The van der Waals surface area contributed by atoms with E-state index < -0.39 is 5.97 Å². The molecule has 0 bridgehead atoms. The van der Waals surface area contributed by atoms with E-state index in [0.717, 1.165) is 11.3 Å². The van der Waals surface area contributed by atoms with Gasteiger partial charge in [-0.05, 0) is 29.9 Å². The molecule has 110 valence electrons. The van der Waals surface area contributed by atoms with E-state index in [1.165, 1.54) is 4.90 Å². The third-order valence-electron chi connectivity index (χ3n) is 2.52. The van der Waals surface area contributed by atoms with Crippen LogP contribution in [0, 0.1) is 0 Å². The Hall–Kier alpha value is -1.69. The van der Waals surface area contributed by atoms with E-state index >= 15 is 0 Å². The molecule has 0 aliphatic rings. The maximum atomic E-state index is 11.5. The van der Waals surface area contributed by atoms with Crippen LogP contribution in [0.4, 0.5) is 4.79 Å². The van der Waals surface area contributed by atoms with Gasteiger partial charge in [0.2, 0.25) is 0 Å². The molecule has 0 radical (unpaired) electrons. The number of amides is 2. The van der Waals surface area contributed by atoms with Gasteiger partial charge in [0.25, 0.3) is 0 Å². The summed E-state index contributed by atoms with van der Waals surface area (Å²) < 4.78 is 0. The molecule has 1 aromatic carbocycles. The number of carbonyl (C=O) groups is 2. The fourth-order valence-electron chi connectivity index (χ4n) is 1.60. The van der Waals surface area contributed by atoms with Gasteiger partial charge in [-0.3, -0.25) is 4.79 Å². The van der Waals surface area contributed by atoms with Gasteiger partial charge in [-0.25, -0.2) is 4.79 Å². The highest BCUT2D eigenvalue weighted by Crippen LogP contribution is 2.18. The Morgan fingerprint density at radius 3 is 2.80 bits per heavy atom. The average molecular weight is 296 g/mol. The molecule has 1 aromatic rings. The summed E-state index contributed by atoms with van der Waals surface area (Å²) in [7, 11) is 0. The van der Waals surface area contributed by atoms with Crippen LogP contribution in [-0.2, 0) is 11.3 Å². The molecule has 3 N–H and O–H groups in total. The Morgan fingerprint density at radius 1 is 1.30 bits per heavy atom. The van der Waals surface area contributed by atoms with Gasteiger partial charge in [-0.1, -0.05) is 19.1 Å². The van der Waals surface area contributed by atoms with Gasteiger partial charge in [-0.15, -0.1) is 11.8 Å². The van der Waals surface area contributed by atoms with E-state index in [-0.39, 0.29) is 12.5 Å². The van der Waals surface area contributed by atoms with Crippen molar-refractivity contribution in [2.75, 3.05) is 12.3 Å². The van der Waals surface area contributed by atoms with Crippen molar-refractivity contribution in [2.45, 2.75) is 31.2 Å². The van der Waals surface area contributed by atoms with Crippen LogP contribution in [0.3, 0.4) is 0 Å². The number of aliphatic carboxylic acids is 1. The van der Waals surface area contributed by atoms with Crippen LogP contribution in [0.25, 0.3) is 0 Å². The molecule has 0 saturated heterocycles. The summed E-state index contributed by atoms with van der Waals surface area (Å²) in [6, 6.07) is 7.76. The molecule has 0 saturated carbocycles. The lowest BCUT2D eigenvalue weighted by Gasteiger charge is -2.08. The highest BCUT2D eigenvalue weighted by atomic mass is 32.2. The molecule has 0 aliphatic carbocycles. The van der Waals surface area contributed by atoms with E-state index in [9.17, 15) is 9.59 Å². The molecule has 0 spiro atoms. The van der Waals surface area contributed by atoms with Gasteiger partial charge in [0.15, 0.2) is 0 Å². The molecule has 5 nitrogen and oxygen atoms in total. The maximum Gasteiger partial charge on any atom is 0.315 e. The molecule has 0 atom stereocenters. The summed E-state index contributed by atoms with van der Waals surface area (Å²) >= 11 is 1.76. The number of rotatable bonds is 8. The normalized spacial score (nSPS) is 10.1. The topological polar surface area (TPSA) is 78.4 Å². The predicted octanol–water partition coefficient (Wildman–Crippen LogP) is 2.46. The lowest BCUT2D eigenvalue weighted by Crippen LogP contribution is -2.35. The molecule has 0 aromatic heterocycles. The predicted molar refractivity (Wildman–Crippen MR) is 79.9 cm³/mol. The second-order valence-corrected chi connectivity index (χ2v) is 5.52. The van der Waals surface area contributed by atoms with E-state index in [4.69, 9.17) is 5.11 Å². The first kappa shape index (κ1) is 16.4. The van der Waals surface area contributed by atoms with Gasteiger partial charge >= 0.3 is 12.0 Å². The fourth-order valence-corrected chi connectivity index (χ4v) is 2.34. The zero-order valence-corrected chi connectivity index (χ0v) is 12.3. The van der Waals surface area contributed by atoms with Gasteiger partial charge in [0, 0.05) is 24.4 Å². The number of benzene rings is 1. The van der Waals surface area contributed by atoms with E-state index in [1.807, 2.05) is 18.2 Å². The van der Waals surface area contributed by atoms with Crippen molar-refractivity contribution < 1.29 is 14.7 Å². The third-order valence-corrected chi connectivity index (χ3v) is 3.39. The highest BCUT2D eigenvalue weighted by molar-refractivity contribution is 7.99. The van der Waals surface area contributed by atoms with Gasteiger partial charge in [0.05, 0.1) is 0 Å². The Bertz CT molecular complexity index is 452.